The highest BCUT2D eigenvalue weighted by atomic mass is 32.3. The third-order valence-corrected chi connectivity index (χ3v) is 0. The van der Waals surface area contributed by atoms with Gasteiger partial charge in [-0.3, -0.25) is 9.11 Å². The average Bonchev–Trinajstić information content (AvgIpc) is 1.27. The molecule has 0 radical (unpaired) electrons. The molecule has 7 nitrogen and oxygen atoms in total. The molecule has 0 aliphatic carbocycles. The van der Waals surface area contributed by atoms with Crippen LogP contribution in [0.2, 0.25) is 0 Å². The molecule has 0 heterocycles. The predicted molar refractivity (Wildman–Crippen MR) is 20.9 cm³/mol. The van der Waals surface area contributed by atoms with Gasteiger partial charge in [0.05, 0.1) is 0 Å². The number of hydrogen-bond acceptors (Lipinski definition) is 4. The van der Waals surface area contributed by atoms with Gasteiger partial charge < -0.3 is 0 Å². The van der Waals surface area contributed by atoms with Crippen LogP contribution in [0.5, 0.6) is 0 Å². The summed E-state index contributed by atoms with van der Waals surface area (Å²) in [6.07, 6.45) is 0. The van der Waals surface area contributed by atoms with Crippen molar-refractivity contribution in [2.75, 3.05) is 0 Å². The minimum atomic E-state index is -4.67. The van der Waals surface area contributed by atoms with Crippen LogP contribution >= 0.6 is 0 Å². The zero-order valence-corrected chi connectivity index (χ0v) is 4.16. The van der Waals surface area contributed by atoms with Crippen LogP contribution in [0.25, 0.3) is 0 Å². The zero-order valence-electron chi connectivity index (χ0n) is 3.34. The lowest BCUT2D eigenvalue weighted by Gasteiger charge is -1.68. The van der Waals surface area contributed by atoms with Gasteiger partial charge in [0.2, 0.25) is 0 Å². The molecule has 0 amide bonds. The highest BCUT2D eigenvalue weighted by Gasteiger charge is 1.84. The first-order valence-corrected chi connectivity index (χ1v) is 2.43. The zero-order chi connectivity index (χ0) is 7.21. The maximum Gasteiger partial charge on any atom is 0.394 e. The Morgan fingerprint density at radius 2 is 1.38 bits per heavy atom. The maximum absolute atomic E-state index is 8.74. The lowest BCUT2D eigenvalue weighted by molar-refractivity contribution is -0.284. The Balaban J connectivity index is 0. The minimum absolute atomic E-state index is 1.75. The molecule has 50 valence electrons. The summed E-state index contributed by atoms with van der Waals surface area (Å²) in [4.78, 5) is 7.88. The molecule has 0 saturated heterocycles. The van der Waals surface area contributed by atoms with Crippen molar-refractivity contribution < 1.29 is 22.8 Å². The Bertz CT molecular complexity index is 118. The topological polar surface area (TPSA) is 126 Å². The summed E-state index contributed by atoms with van der Waals surface area (Å²) in [5.74, 6) is 0. The van der Waals surface area contributed by atoms with Crippen LogP contribution in [-0.4, -0.2) is 17.5 Å². The molecule has 0 saturated carbocycles. The monoisotopic (exact) mass is 146 g/mol. The summed E-state index contributed by atoms with van der Waals surface area (Å²) in [6, 6.07) is 0. The fraction of sp³-hybridized carbons (Fsp3) is 0. The van der Waals surface area contributed by atoms with E-state index < -0.39 is 10.4 Å². The molecule has 0 unspecified atom stereocenters. The van der Waals surface area contributed by atoms with Gasteiger partial charge in [-0.2, -0.15) is 8.42 Å². The largest absolute Gasteiger partial charge is 0.394 e. The van der Waals surface area contributed by atoms with Crippen molar-refractivity contribution >= 4 is 10.4 Å². The molecule has 0 aromatic heterocycles. The van der Waals surface area contributed by atoms with E-state index in [1.165, 1.54) is 0 Å². The quantitative estimate of drug-likeness (QED) is 0.180. The second kappa shape index (κ2) is 4.43. The van der Waals surface area contributed by atoms with Crippen molar-refractivity contribution in [3.63, 3.8) is 0 Å². The van der Waals surface area contributed by atoms with Crippen molar-refractivity contribution in [2.45, 2.75) is 0 Å². The molecule has 0 aromatic rings. The lowest BCUT2D eigenvalue weighted by atomic mass is 14.8. The smallest absolute Gasteiger partial charge is 0.264 e. The summed E-state index contributed by atoms with van der Waals surface area (Å²) in [7, 11) is -4.67. The number of rotatable bonds is 0. The third kappa shape index (κ3) is 180. The van der Waals surface area contributed by atoms with Crippen molar-refractivity contribution in [1.82, 2.24) is 0 Å². The molecule has 0 spiro atoms. The van der Waals surface area contributed by atoms with E-state index in [2.05, 4.69) is 0 Å². The van der Waals surface area contributed by atoms with E-state index in [9.17, 15) is 0 Å². The Hall–Kier alpha value is -0.730. The lowest BCUT2D eigenvalue weighted by Crippen LogP contribution is -1.89. The van der Waals surface area contributed by atoms with Crippen LogP contribution in [0.4, 0.5) is 0 Å². The first-order chi connectivity index (χ1) is 3.41. The predicted octanol–water partition coefficient (Wildman–Crippen LogP) is -1.77. The summed E-state index contributed by atoms with van der Waals surface area (Å²) < 4.78 is 33.3. The van der Waals surface area contributed by atoms with Crippen LogP contribution < -0.4 is 5.26 Å². The molecule has 0 bridgehead atoms. The molecule has 0 rings (SSSR count). The Morgan fingerprint density at radius 3 is 1.38 bits per heavy atom. The Morgan fingerprint density at radius 1 is 1.38 bits per heavy atom. The highest BCUT2D eigenvalue weighted by Crippen LogP contribution is 1.59. The van der Waals surface area contributed by atoms with Crippen molar-refractivity contribution in [3.8, 4) is 0 Å². The van der Waals surface area contributed by atoms with Gasteiger partial charge in [-0.05, 0) is 0 Å². The average molecular weight is 146 g/mol. The van der Waals surface area contributed by atoms with E-state index >= 15 is 0 Å². The van der Waals surface area contributed by atoms with Crippen molar-refractivity contribution in [2.24, 2.45) is 0 Å². The van der Waals surface area contributed by atoms with Crippen LogP contribution in [0.1, 0.15) is 0 Å². The molecule has 0 fully saturated rings. The van der Waals surface area contributed by atoms with Gasteiger partial charge >= 0.3 is 10.4 Å². The molecular formula is H2O7S. The normalized spacial score (nSPS) is 8.75. The van der Waals surface area contributed by atoms with E-state index in [1.54, 1.807) is 4.75 Å². The van der Waals surface area contributed by atoms with Gasteiger partial charge in [-0.15, -0.1) is 0 Å². The third-order valence-electron chi connectivity index (χ3n) is 0. The molecule has 0 aromatic carbocycles. The molecule has 0 atom stereocenters. The molecule has 8 heavy (non-hydrogen) atoms. The molecule has 2 N–H and O–H groups in total. The molecular weight excluding hydrogens is 144 g/mol. The van der Waals surface area contributed by atoms with E-state index in [0.29, 0.717) is 0 Å². The summed E-state index contributed by atoms with van der Waals surface area (Å²) >= 11 is 0. The van der Waals surface area contributed by atoms with E-state index in [0.717, 1.165) is 0 Å². The van der Waals surface area contributed by atoms with Gasteiger partial charge in [0.1, 0.15) is 0 Å². The van der Waals surface area contributed by atoms with Crippen LogP contribution in [-0.2, 0) is 10.4 Å². The SMILES string of the molecule is O=S(=O)(O)O.O=[O+][O-]. The second-order valence-corrected chi connectivity index (χ2v) is 1.41. The summed E-state index contributed by atoms with van der Waals surface area (Å²) in [5, 5.41) is 7.88. The first-order valence-electron chi connectivity index (χ1n) is 1.03. The van der Waals surface area contributed by atoms with Gasteiger partial charge in [-0.25, -0.2) is 0 Å². The fourth-order valence-electron chi connectivity index (χ4n) is 0. The Kier molecular flexibility index (Phi) is 5.70. The van der Waals surface area contributed by atoms with Crippen molar-refractivity contribution in [1.29, 1.82) is 0 Å². The van der Waals surface area contributed by atoms with E-state index in [-0.39, 0.29) is 0 Å². The number of hydrogen-bond donors (Lipinski definition) is 2. The molecule has 0 aliphatic heterocycles. The molecule has 0 aliphatic rings. The standard InChI is InChI=1S/H2O4S.O3/c1-5(2,3)4;1-3-2/h(H2,1,2,3,4);. The van der Waals surface area contributed by atoms with Crippen LogP contribution in [0, 0.1) is 9.71 Å². The summed E-state index contributed by atoms with van der Waals surface area (Å²) in [5.41, 5.74) is 0. The second-order valence-electron chi connectivity index (χ2n) is 0.516. The van der Waals surface area contributed by atoms with Gasteiger partial charge in [0.15, 0.2) is 4.75 Å². The van der Waals surface area contributed by atoms with Gasteiger partial charge in [0, 0.05) is 0 Å². The van der Waals surface area contributed by atoms with Crippen LogP contribution in [0.3, 0.4) is 0 Å². The first kappa shape index (κ1) is 10.3. The summed E-state index contributed by atoms with van der Waals surface area (Å²) in [6.45, 7) is 0. The van der Waals surface area contributed by atoms with Crippen LogP contribution in [0.15, 0.2) is 0 Å². The minimum Gasteiger partial charge on any atom is -0.264 e. The fourth-order valence-corrected chi connectivity index (χ4v) is 0. The van der Waals surface area contributed by atoms with Crippen molar-refractivity contribution in [3.05, 3.63) is 9.71 Å². The Labute approximate surface area is 44.0 Å². The van der Waals surface area contributed by atoms with Gasteiger partial charge in [0.25, 0.3) is 0 Å². The maximum atomic E-state index is 8.74. The van der Waals surface area contributed by atoms with E-state index in [1.807, 2.05) is 0 Å². The highest BCUT2D eigenvalue weighted by molar-refractivity contribution is 7.79. The van der Waals surface area contributed by atoms with E-state index in [4.69, 9.17) is 27.7 Å². The molecule has 8 heteroatoms. The van der Waals surface area contributed by atoms with Gasteiger partial charge in [-0.1, -0.05) is 10.2 Å².